The van der Waals surface area contributed by atoms with Gasteiger partial charge in [0, 0.05) is 19.5 Å². The number of halogens is 2. The summed E-state index contributed by atoms with van der Waals surface area (Å²) in [4.78, 5) is 13.3. The van der Waals surface area contributed by atoms with Gasteiger partial charge in [-0.3, -0.25) is 4.79 Å². The summed E-state index contributed by atoms with van der Waals surface area (Å²) in [5, 5.41) is 3.23. The van der Waals surface area contributed by atoms with Gasteiger partial charge < -0.3 is 10.2 Å². The quantitative estimate of drug-likeness (QED) is 0.912. The van der Waals surface area contributed by atoms with Gasteiger partial charge in [-0.1, -0.05) is 0 Å². The molecule has 3 nitrogen and oxygen atoms in total. The number of nitrogens with zero attached hydrogens (tertiary/aromatic N) is 1. The number of piperidine rings is 1. The predicted octanol–water partition coefficient (Wildman–Crippen LogP) is 2.32. The molecule has 0 spiro atoms. The van der Waals surface area contributed by atoms with Gasteiger partial charge in [-0.25, -0.2) is 8.78 Å². The van der Waals surface area contributed by atoms with Gasteiger partial charge in [0.1, 0.15) is 11.6 Å². The van der Waals surface area contributed by atoms with Crippen LogP contribution in [0.1, 0.15) is 19.3 Å². The molecule has 1 aliphatic heterocycles. The van der Waals surface area contributed by atoms with E-state index in [4.69, 9.17) is 0 Å². The summed E-state index contributed by atoms with van der Waals surface area (Å²) < 4.78 is 26.7. The number of hydrogen-bond acceptors (Lipinski definition) is 2. The molecule has 0 bridgehead atoms. The third-order valence-electron chi connectivity index (χ3n) is 3.51. The average molecular weight is 268 g/mol. The first kappa shape index (κ1) is 13.9. The predicted molar refractivity (Wildman–Crippen MR) is 70.0 cm³/mol. The lowest BCUT2D eigenvalue weighted by Crippen LogP contribution is -2.35. The Bertz CT molecular complexity index is 459. The molecular formula is C14H18F2N2O. The van der Waals surface area contributed by atoms with Crippen LogP contribution >= 0.6 is 0 Å². The number of hydrogen-bond donors (Lipinski definition) is 1. The minimum Gasteiger partial charge on any atom is -0.316 e. The van der Waals surface area contributed by atoms with Crippen LogP contribution in [0, 0.1) is 17.6 Å². The van der Waals surface area contributed by atoms with Crippen molar-refractivity contribution in [3.63, 3.8) is 0 Å². The number of benzene rings is 1. The molecule has 0 aromatic heterocycles. The molecule has 1 aliphatic rings. The first-order valence-corrected chi connectivity index (χ1v) is 6.50. The summed E-state index contributed by atoms with van der Waals surface area (Å²) in [7, 11) is 1.48. The maximum atomic E-state index is 13.6. The van der Waals surface area contributed by atoms with Crippen molar-refractivity contribution < 1.29 is 13.6 Å². The standard InChI is InChI=1S/C14H18F2N2O/c1-18(13-8-11(15)4-5-12(13)16)14(19)7-10-3-2-6-17-9-10/h4-5,8,10,17H,2-3,6-7,9H2,1H3. The molecular weight excluding hydrogens is 250 g/mol. The van der Waals surface area contributed by atoms with Crippen molar-refractivity contribution in [2.75, 3.05) is 25.0 Å². The maximum Gasteiger partial charge on any atom is 0.227 e. The highest BCUT2D eigenvalue weighted by molar-refractivity contribution is 5.93. The minimum atomic E-state index is -0.584. The second-order valence-corrected chi connectivity index (χ2v) is 4.96. The molecule has 1 saturated heterocycles. The summed E-state index contributed by atoms with van der Waals surface area (Å²) in [6, 6.07) is 3.13. The van der Waals surface area contributed by atoms with Gasteiger partial charge >= 0.3 is 0 Å². The fourth-order valence-corrected chi connectivity index (χ4v) is 2.36. The Labute approximate surface area is 111 Å². The molecule has 0 saturated carbocycles. The van der Waals surface area contributed by atoms with Crippen molar-refractivity contribution in [2.24, 2.45) is 5.92 Å². The Morgan fingerprint density at radius 3 is 2.95 bits per heavy atom. The van der Waals surface area contributed by atoms with Crippen molar-refractivity contribution >= 4 is 11.6 Å². The summed E-state index contributed by atoms with van der Waals surface area (Å²) in [5.74, 6) is -1.03. The molecule has 1 atom stereocenters. The smallest absolute Gasteiger partial charge is 0.227 e. The van der Waals surface area contributed by atoms with Gasteiger partial charge in [0.05, 0.1) is 5.69 Å². The number of anilines is 1. The van der Waals surface area contributed by atoms with Crippen molar-refractivity contribution in [3.05, 3.63) is 29.8 Å². The molecule has 0 radical (unpaired) electrons. The van der Waals surface area contributed by atoms with E-state index in [1.165, 1.54) is 11.9 Å². The van der Waals surface area contributed by atoms with E-state index >= 15 is 0 Å². The molecule has 1 heterocycles. The number of nitrogens with one attached hydrogen (secondary N) is 1. The molecule has 1 unspecified atom stereocenters. The van der Waals surface area contributed by atoms with Crippen LogP contribution in [0.2, 0.25) is 0 Å². The van der Waals surface area contributed by atoms with Crippen molar-refractivity contribution in [2.45, 2.75) is 19.3 Å². The van der Waals surface area contributed by atoms with Gasteiger partial charge in [0.15, 0.2) is 0 Å². The van der Waals surface area contributed by atoms with E-state index in [1.54, 1.807) is 0 Å². The van der Waals surface area contributed by atoms with Gasteiger partial charge in [-0.05, 0) is 44.0 Å². The number of amides is 1. The van der Waals surface area contributed by atoms with Gasteiger partial charge in [-0.15, -0.1) is 0 Å². The Morgan fingerprint density at radius 1 is 1.47 bits per heavy atom. The van der Waals surface area contributed by atoms with Gasteiger partial charge in [0.25, 0.3) is 0 Å². The van der Waals surface area contributed by atoms with Gasteiger partial charge in [-0.2, -0.15) is 0 Å². The fraction of sp³-hybridized carbons (Fsp3) is 0.500. The Hall–Kier alpha value is -1.49. The normalized spacial score (nSPS) is 19.2. The van der Waals surface area contributed by atoms with E-state index in [1.807, 2.05) is 0 Å². The Balaban J connectivity index is 2.03. The highest BCUT2D eigenvalue weighted by Gasteiger charge is 2.21. The minimum absolute atomic E-state index is 0.00577. The first-order valence-electron chi connectivity index (χ1n) is 6.50. The zero-order valence-electron chi connectivity index (χ0n) is 11.0. The maximum absolute atomic E-state index is 13.6. The first-order chi connectivity index (χ1) is 9.08. The summed E-state index contributed by atoms with van der Waals surface area (Å²) >= 11 is 0. The average Bonchev–Trinajstić information content (AvgIpc) is 2.42. The van der Waals surface area contributed by atoms with Crippen molar-refractivity contribution in [3.8, 4) is 0 Å². The Morgan fingerprint density at radius 2 is 2.26 bits per heavy atom. The molecule has 1 N–H and O–H groups in total. The van der Waals surface area contributed by atoms with E-state index in [0.29, 0.717) is 6.42 Å². The molecule has 2 rings (SSSR count). The number of carbonyl (C=O) groups is 1. The summed E-state index contributed by atoms with van der Waals surface area (Å²) in [6.45, 7) is 1.80. The summed E-state index contributed by atoms with van der Waals surface area (Å²) in [5.41, 5.74) is -0.00577. The van der Waals surface area contributed by atoms with Crippen LogP contribution in [0.4, 0.5) is 14.5 Å². The largest absolute Gasteiger partial charge is 0.316 e. The van der Waals surface area contributed by atoms with Crippen molar-refractivity contribution in [1.82, 2.24) is 5.32 Å². The Kier molecular flexibility index (Phi) is 4.47. The lowest BCUT2D eigenvalue weighted by Gasteiger charge is -2.25. The van der Waals surface area contributed by atoms with Crippen LogP contribution in [-0.4, -0.2) is 26.0 Å². The third-order valence-corrected chi connectivity index (χ3v) is 3.51. The molecule has 1 amide bonds. The zero-order valence-corrected chi connectivity index (χ0v) is 11.0. The zero-order chi connectivity index (χ0) is 13.8. The van der Waals surface area contributed by atoms with Crippen LogP contribution in [0.5, 0.6) is 0 Å². The lowest BCUT2D eigenvalue weighted by molar-refractivity contribution is -0.119. The van der Waals surface area contributed by atoms with Crippen LogP contribution in [0.15, 0.2) is 18.2 Å². The highest BCUT2D eigenvalue weighted by Crippen LogP contribution is 2.22. The SMILES string of the molecule is CN(C(=O)CC1CCCNC1)c1cc(F)ccc1F. The van der Waals surface area contributed by atoms with E-state index in [0.717, 1.165) is 44.1 Å². The van der Waals surface area contributed by atoms with Crippen LogP contribution in [-0.2, 0) is 4.79 Å². The number of carbonyl (C=O) groups excluding carboxylic acids is 1. The fourth-order valence-electron chi connectivity index (χ4n) is 2.36. The van der Waals surface area contributed by atoms with E-state index in [9.17, 15) is 13.6 Å². The molecule has 19 heavy (non-hydrogen) atoms. The summed E-state index contributed by atoms with van der Waals surface area (Å²) in [6.07, 6.45) is 2.41. The highest BCUT2D eigenvalue weighted by atomic mass is 19.1. The molecule has 1 aromatic carbocycles. The van der Waals surface area contributed by atoms with Crippen LogP contribution in [0.25, 0.3) is 0 Å². The third kappa shape index (κ3) is 3.50. The molecule has 1 fully saturated rings. The van der Waals surface area contributed by atoms with Crippen LogP contribution in [0.3, 0.4) is 0 Å². The van der Waals surface area contributed by atoms with E-state index < -0.39 is 11.6 Å². The van der Waals surface area contributed by atoms with E-state index in [-0.39, 0.29) is 17.5 Å². The lowest BCUT2D eigenvalue weighted by atomic mass is 9.95. The second-order valence-electron chi connectivity index (χ2n) is 4.96. The van der Waals surface area contributed by atoms with Gasteiger partial charge in [0.2, 0.25) is 5.91 Å². The molecule has 0 aliphatic carbocycles. The topological polar surface area (TPSA) is 32.3 Å². The van der Waals surface area contributed by atoms with E-state index in [2.05, 4.69) is 5.32 Å². The molecule has 5 heteroatoms. The monoisotopic (exact) mass is 268 g/mol. The second kappa shape index (κ2) is 6.10. The molecule has 104 valence electrons. The van der Waals surface area contributed by atoms with Crippen molar-refractivity contribution in [1.29, 1.82) is 0 Å². The van der Waals surface area contributed by atoms with Crippen LogP contribution < -0.4 is 10.2 Å². The molecule has 1 aromatic rings. The number of rotatable bonds is 3.